The van der Waals surface area contributed by atoms with Crippen LogP contribution >= 0.6 is 0 Å². The largest absolute Gasteiger partial charge is 0.0654 e. The van der Waals surface area contributed by atoms with E-state index in [9.17, 15) is 0 Å². The third-order valence-electron chi connectivity index (χ3n) is 14.3. The molecule has 0 nitrogen and oxygen atoms in total. The van der Waals surface area contributed by atoms with Crippen LogP contribution in [-0.2, 0) is 0 Å². The molecule has 0 bridgehead atoms. The minimum absolute atomic E-state index is 0.951. The maximum atomic E-state index is 2.56. The lowest BCUT2D eigenvalue weighted by atomic mass is 9.88. The Kier molecular flexibility index (Phi) is 53.1. The molecule has 0 N–H and O–H groups in total. The first kappa shape index (κ1) is 58.0. The second-order valence-electron chi connectivity index (χ2n) is 20.5. The second-order valence-corrected chi connectivity index (χ2v) is 20.5. The average molecular weight is 816 g/mol. The van der Waals surface area contributed by atoms with Crippen LogP contribution in [0.5, 0.6) is 0 Å². The molecule has 0 aliphatic carbocycles. The Morgan fingerprint density at radius 3 is 0.517 bits per heavy atom. The number of unbranched alkanes of at least 4 members (excludes halogenated alkanes) is 43. The molecule has 2 unspecified atom stereocenters. The highest BCUT2D eigenvalue weighted by Crippen LogP contribution is 2.26. The van der Waals surface area contributed by atoms with Crippen LogP contribution in [0.4, 0.5) is 0 Å². The summed E-state index contributed by atoms with van der Waals surface area (Å²) in [5.74, 6) is 1.97. The highest BCUT2D eigenvalue weighted by Gasteiger charge is 2.10. The van der Waals surface area contributed by atoms with Crippen molar-refractivity contribution in [3.8, 4) is 0 Å². The smallest absolute Gasteiger partial charge is 0.0414 e. The van der Waals surface area contributed by atoms with Gasteiger partial charge in [-0.15, -0.1) is 0 Å². The normalized spacial score (nSPS) is 12.8. The van der Waals surface area contributed by atoms with Crippen LogP contribution in [0.15, 0.2) is 0 Å². The second kappa shape index (κ2) is 53.1. The minimum atomic E-state index is 0.951. The summed E-state index contributed by atoms with van der Waals surface area (Å²) >= 11 is 0. The topological polar surface area (TPSA) is 0 Å². The van der Waals surface area contributed by atoms with Gasteiger partial charge < -0.3 is 0 Å². The molecule has 0 aromatic heterocycles. The van der Waals surface area contributed by atoms with E-state index < -0.39 is 0 Å². The molecule has 0 aromatic rings. The van der Waals surface area contributed by atoms with E-state index in [4.69, 9.17) is 0 Å². The van der Waals surface area contributed by atoms with Crippen LogP contribution in [0.1, 0.15) is 362 Å². The van der Waals surface area contributed by atoms with Crippen LogP contribution in [0, 0.1) is 11.8 Å². The molecular formula is C58H118. The molecule has 0 saturated heterocycles. The van der Waals surface area contributed by atoms with Gasteiger partial charge in [0.25, 0.3) is 0 Å². The summed E-state index contributed by atoms with van der Waals surface area (Å²) in [6.07, 6.45) is 77.2. The molecule has 0 aliphatic rings. The van der Waals surface area contributed by atoms with E-state index in [1.54, 1.807) is 0 Å². The molecule has 58 heavy (non-hydrogen) atoms. The summed E-state index contributed by atoms with van der Waals surface area (Å²) in [5.41, 5.74) is 0. The molecule has 350 valence electrons. The SMILES string of the molecule is CCCCCCCCCCCCCCCCCCCC(CCCCCCCCCCCCCCCCC)CCCCC(C)CCCCCCCCCCCCCCC. The van der Waals surface area contributed by atoms with Gasteiger partial charge in [-0.05, 0) is 11.8 Å². The van der Waals surface area contributed by atoms with Crippen LogP contribution in [0.2, 0.25) is 0 Å². The van der Waals surface area contributed by atoms with Gasteiger partial charge in [0.1, 0.15) is 0 Å². The maximum Gasteiger partial charge on any atom is -0.0414 e. The van der Waals surface area contributed by atoms with E-state index in [0.717, 1.165) is 11.8 Å². The van der Waals surface area contributed by atoms with Gasteiger partial charge in [0.2, 0.25) is 0 Å². The van der Waals surface area contributed by atoms with Gasteiger partial charge in [-0.1, -0.05) is 362 Å². The first-order chi connectivity index (χ1) is 28.7. The zero-order chi connectivity index (χ0) is 41.9. The van der Waals surface area contributed by atoms with Crippen LogP contribution in [-0.4, -0.2) is 0 Å². The van der Waals surface area contributed by atoms with Crippen molar-refractivity contribution in [2.75, 3.05) is 0 Å². The summed E-state index contributed by atoms with van der Waals surface area (Å²) in [5, 5.41) is 0. The van der Waals surface area contributed by atoms with Crippen molar-refractivity contribution in [1.82, 2.24) is 0 Å². The summed E-state index contributed by atoms with van der Waals surface area (Å²) in [6, 6.07) is 0. The average Bonchev–Trinajstić information content (AvgIpc) is 3.23. The molecule has 0 spiro atoms. The van der Waals surface area contributed by atoms with E-state index in [2.05, 4.69) is 27.7 Å². The molecular weight excluding hydrogens is 697 g/mol. The molecule has 0 aliphatic heterocycles. The van der Waals surface area contributed by atoms with Crippen molar-refractivity contribution in [3.63, 3.8) is 0 Å². The molecule has 0 saturated carbocycles. The Hall–Kier alpha value is 0. The Balaban J connectivity index is 4.04. The molecule has 2 atom stereocenters. The molecule has 0 amide bonds. The van der Waals surface area contributed by atoms with E-state index in [0.29, 0.717) is 0 Å². The van der Waals surface area contributed by atoms with Gasteiger partial charge in [0, 0.05) is 0 Å². The van der Waals surface area contributed by atoms with Crippen molar-refractivity contribution in [1.29, 1.82) is 0 Å². The summed E-state index contributed by atoms with van der Waals surface area (Å²) in [6.45, 7) is 9.53. The molecule has 0 rings (SSSR count). The highest BCUT2D eigenvalue weighted by molar-refractivity contribution is 4.64. The molecule has 0 heteroatoms. The maximum absolute atomic E-state index is 2.56. The summed E-state index contributed by atoms with van der Waals surface area (Å²) in [7, 11) is 0. The lowest BCUT2D eigenvalue weighted by Gasteiger charge is -2.18. The van der Waals surface area contributed by atoms with Gasteiger partial charge in [-0.3, -0.25) is 0 Å². The van der Waals surface area contributed by atoms with E-state index in [-0.39, 0.29) is 0 Å². The summed E-state index contributed by atoms with van der Waals surface area (Å²) in [4.78, 5) is 0. The Morgan fingerprint density at radius 1 is 0.172 bits per heavy atom. The van der Waals surface area contributed by atoms with E-state index in [1.165, 1.54) is 334 Å². The standard InChI is InChI=1S/C58H118/c1-5-8-11-14-17-20-23-26-28-29-31-34-37-40-43-46-49-55-58(54-48-45-42-39-36-33-30-27-24-21-18-15-12-9-6-2)56-51-50-53-57(4)52-47-44-41-38-35-32-25-22-19-16-13-10-7-3/h57-58H,5-56H2,1-4H3. The van der Waals surface area contributed by atoms with Crippen molar-refractivity contribution in [3.05, 3.63) is 0 Å². The molecule has 0 aromatic carbocycles. The van der Waals surface area contributed by atoms with Crippen molar-refractivity contribution in [2.45, 2.75) is 362 Å². The first-order valence-corrected chi connectivity index (χ1v) is 28.7. The van der Waals surface area contributed by atoms with Crippen LogP contribution in [0.25, 0.3) is 0 Å². The van der Waals surface area contributed by atoms with Crippen molar-refractivity contribution >= 4 is 0 Å². The number of hydrogen-bond donors (Lipinski definition) is 0. The monoisotopic (exact) mass is 815 g/mol. The van der Waals surface area contributed by atoms with E-state index >= 15 is 0 Å². The zero-order valence-electron chi connectivity index (χ0n) is 41.9. The minimum Gasteiger partial charge on any atom is -0.0654 e. The lowest BCUT2D eigenvalue weighted by Crippen LogP contribution is -2.02. The predicted molar refractivity (Wildman–Crippen MR) is 270 cm³/mol. The van der Waals surface area contributed by atoms with Crippen LogP contribution < -0.4 is 0 Å². The van der Waals surface area contributed by atoms with E-state index in [1.807, 2.05) is 0 Å². The predicted octanol–water partition coefficient (Wildman–Crippen LogP) is 22.6. The van der Waals surface area contributed by atoms with Gasteiger partial charge in [0.15, 0.2) is 0 Å². The zero-order valence-corrected chi connectivity index (χ0v) is 41.9. The fourth-order valence-corrected chi connectivity index (χ4v) is 9.98. The third-order valence-corrected chi connectivity index (χ3v) is 14.3. The molecule has 0 fully saturated rings. The van der Waals surface area contributed by atoms with Gasteiger partial charge in [-0.2, -0.15) is 0 Å². The number of rotatable bonds is 53. The lowest BCUT2D eigenvalue weighted by molar-refractivity contribution is 0.355. The molecule has 0 heterocycles. The van der Waals surface area contributed by atoms with Crippen molar-refractivity contribution < 1.29 is 0 Å². The molecule has 0 radical (unpaired) electrons. The Bertz CT molecular complexity index is 680. The van der Waals surface area contributed by atoms with Gasteiger partial charge in [-0.25, -0.2) is 0 Å². The summed E-state index contributed by atoms with van der Waals surface area (Å²) < 4.78 is 0. The first-order valence-electron chi connectivity index (χ1n) is 28.7. The third kappa shape index (κ3) is 50.4. The van der Waals surface area contributed by atoms with Gasteiger partial charge in [0.05, 0.1) is 0 Å². The number of hydrogen-bond acceptors (Lipinski definition) is 0. The fraction of sp³-hybridized carbons (Fsp3) is 1.00. The van der Waals surface area contributed by atoms with Crippen molar-refractivity contribution in [2.24, 2.45) is 11.8 Å². The van der Waals surface area contributed by atoms with Gasteiger partial charge >= 0.3 is 0 Å². The Morgan fingerprint density at radius 2 is 0.310 bits per heavy atom. The Labute approximate surface area is 372 Å². The quantitative estimate of drug-likeness (QED) is 0.0537. The van der Waals surface area contributed by atoms with Crippen LogP contribution in [0.3, 0.4) is 0 Å². The fourth-order valence-electron chi connectivity index (χ4n) is 9.98. The highest BCUT2D eigenvalue weighted by atomic mass is 14.2.